The van der Waals surface area contributed by atoms with Crippen molar-refractivity contribution in [1.29, 1.82) is 0 Å². The van der Waals surface area contributed by atoms with Crippen LogP contribution in [0.4, 0.5) is 5.69 Å². The van der Waals surface area contributed by atoms with E-state index in [1.54, 1.807) is 4.90 Å². The van der Waals surface area contributed by atoms with E-state index in [4.69, 9.17) is 20.0 Å². The number of fused-ring (bicyclic) bond motifs is 2. The van der Waals surface area contributed by atoms with Crippen LogP contribution in [0.2, 0.25) is 0 Å². The SMILES string of the molecule is CC.CC.N.N/C1=C(\[NH][Sn])c2ccccc2CN(C(=O)CCNC(=O)CCN2C(=O)C=C(SCCCCCCOP(O)O)C2=O)c2ccccc21. The van der Waals surface area contributed by atoms with Crippen LogP contribution in [-0.2, 0) is 30.2 Å². The van der Waals surface area contributed by atoms with Crippen molar-refractivity contribution in [2.75, 3.05) is 30.3 Å². The zero-order valence-corrected chi connectivity index (χ0v) is 34.5. The van der Waals surface area contributed by atoms with Crippen molar-refractivity contribution < 1.29 is 33.5 Å². The summed E-state index contributed by atoms with van der Waals surface area (Å²) in [6.45, 7) is 8.68. The van der Waals surface area contributed by atoms with E-state index in [1.165, 1.54) is 17.8 Å². The van der Waals surface area contributed by atoms with Crippen LogP contribution < -0.4 is 25.6 Å². The molecule has 0 spiro atoms. The van der Waals surface area contributed by atoms with Gasteiger partial charge < -0.3 is 20.5 Å². The molecule has 279 valence electrons. The van der Waals surface area contributed by atoms with Gasteiger partial charge in [-0.05, 0) is 18.6 Å². The molecule has 2 aromatic rings. The van der Waals surface area contributed by atoms with E-state index in [0.717, 1.165) is 69.3 Å². The van der Waals surface area contributed by atoms with E-state index in [9.17, 15) is 19.2 Å². The van der Waals surface area contributed by atoms with Crippen molar-refractivity contribution in [2.45, 2.75) is 72.8 Å². The fourth-order valence-corrected chi connectivity index (χ4v) is 7.21. The van der Waals surface area contributed by atoms with Crippen LogP contribution in [-0.4, -0.2) is 86.6 Å². The van der Waals surface area contributed by atoms with Gasteiger partial charge in [0.25, 0.3) is 11.8 Å². The van der Waals surface area contributed by atoms with Gasteiger partial charge in [-0.3, -0.25) is 14.5 Å². The van der Waals surface area contributed by atoms with E-state index >= 15 is 0 Å². The molecular weight excluding hydrogens is 798 g/mol. The summed E-state index contributed by atoms with van der Waals surface area (Å²) in [4.78, 5) is 71.9. The zero-order valence-electron chi connectivity index (χ0n) is 29.9. The molecule has 0 aliphatic carbocycles. The van der Waals surface area contributed by atoms with Crippen LogP contribution in [0.3, 0.4) is 0 Å². The summed E-state index contributed by atoms with van der Waals surface area (Å²) in [6, 6.07) is 15.3. The van der Waals surface area contributed by atoms with Crippen LogP contribution in [0.15, 0.2) is 59.5 Å². The molecule has 0 fully saturated rings. The van der Waals surface area contributed by atoms with Crippen LogP contribution >= 0.6 is 20.4 Å². The Morgan fingerprint density at radius 2 is 1.61 bits per heavy atom. The molecule has 0 bridgehead atoms. The third kappa shape index (κ3) is 13.8. The summed E-state index contributed by atoms with van der Waals surface area (Å²) in [6.07, 6.45) is 4.57. The fraction of sp³-hybridized carbons (Fsp3) is 0.429. The average Bonchev–Trinajstić information content (AvgIpc) is 3.40. The Morgan fingerprint density at radius 1 is 0.961 bits per heavy atom. The van der Waals surface area contributed by atoms with Gasteiger partial charge in [-0.1, -0.05) is 40.5 Å². The van der Waals surface area contributed by atoms with Gasteiger partial charge in [0.2, 0.25) is 0 Å². The molecule has 3 radical (unpaired) electrons. The van der Waals surface area contributed by atoms with Gasteiger partial charge in [0.05, 0.1) is 11.5 Å². The number of para-hydroxylation sites is 1. The molecule has 0 atom stereocenters. The number of amides is 4. The first-order chi connectivity index (χ1) is 24.2. The first-order valence-corrected chi connectivity index (χ1v) is 20.5. The summed E-state index contributed by atoms with van der Waals surface area (Å²) in [5, 5.41) is 2.75. The van der Waals surface area contributed by atoms with E-state index in [2.05, 4.69) is 8.86 Å². The molecule has 9 N–H and O–H groups in total. The van der Waals surface area contributed by atoms with E-state index in [1.807, 2.05) is 76.2 Å². The monoisotopic (exact) mass is 851 g/mol. The Hall–Kier alpha value is -2.98. The number of nitrogens with one attached hydrogen (secondary N) is 2. The first kappa shape index (κ1) is 46.0. The number of hydrogen-bond donors (Lipinski definition) is 6. The van der Waals surface area contributed by atoms with Crippen molar-refractivity contribution in [3.8, 4) is 0 Å². The molecule has 13 nitrogen and oxygen atoms in total. The number of carbonyl (C=O) groups is 4. The van der Waals surface area contributed by atoms with Crippen molar-refractivity contribution in [1.82, 2.24) is 19.9 Å². The van der Waals surface area contributed by atoms with Crippen LogP contribution in [0, 0.1) is 0 Å². The molecule has 16 heteroatoms. The van der Waals surface area contributed by atoms with Crippen molar-refractivity contribution in [2.24, 2.45) is 5.73 Å². The second kappa shape index (κ2) is 25.1. The van der Waals surface area contributed by atoms with Gasteiger partial charge in [0.15, 0.2) is 0 Å². The zero-order chi connectivity index (χ0) is 37.1. The number of nitrogens with two attached hydrogens (primary N) is 1. The van der Waals surface area contributed by atoms with Crippen LogP contribution in [0.1, 0.15) is 82.9 Å². The molecular formula is C35H52N6O7PSSn. The first-order valence-electron chi connectivity index (χ1n) is 16.9. The second-order valence-corrected chi connectivity index (χ2v) is 13.2. The van der Waals surface area contributed by atoms with E-state index in [-0.39, 0.29) is 50.5 Å². The maximum absolute atomic E-state index is 13.5. The normalized spacial score (nSPS) is 14.8. The molecule has 0 saturated heterocycles. The van der Waals surface area contributed by atoms with Crippen LogP contribution in [0.5, 0.6) is 0 Å². The quantitative estimate of drug-likeness (QED) is 0.0581. The number of thioether (sulfide) groups is 1. The number of carbonyl (C=O) groups excluding carboxylic acids is 4. The Bertz CT molecular complexity index is 1510. The molecule has 2 aliphatic rings. The Balaban J connectivity index is 0.00000251. The molecule has 2 heterocycles. The number of rotatable bonds is 16. The number of unbranched alkanes of at least 4 members (excludes halogenated alkanes) is 3. The second-order valence-electron chi connectivity index (χ2n) is 10.6. The van der Waals surface area contributed by atoms with Crippen LogP contribution in [0.25, 0.3) is 11.4 Å². The number of anilines is 1. The third-order valence-electron chi connectivity index (χ3n) is 7.50. The van der Waals surface area contributed by atoms with Gasteiger partial charge in [0.1, 0.15) is 0 Å². The van der Waals surface area contributed by atoms with Gasteiger partial charge in [-0.2, -0.15) is 0 Å². The summed E-state index contributed by atoms with van der Waals surface area (Å²) in [5.41, 5.74) is 11.3. The van der Waals surface area contributed by atoms with Gasteiger partial charge in [0, 0.05) is 12.6 Å². The predicted octanol–water partition coefficient (Wildman–Crippen LogP) is 4.88. The fourth-order valence-electron chi connectivity index (χ4n) is 5.16. The maximum atomic E-state index is 13.5. The molecule has 0 saturated carbocycles. The van der Waals surface area contributed by atoms with Crippen molar-refractivity contribution in [3.05, 3.63) is 76.2 Å². The summed E-state index contributed by atoms with van der Waals surface area (Å²) < 4.78 is 8.03. The summed E-state index contributed by atoms with van der Waals surface area (Å²) >= 11 is 2.41. The topological polar surface area (TPSA) is 210 Å². The molecule has 51 heavy (non-hydrogen) atoms. The van der Waals surface area contributed by atoms with Gasteiger partial charge in [-0.15, -0.1) is 11.8 Å². The Morgan fingerprint density at radius 3 is 2.29 bits per heavy atom. The molecule has 4 rings (SSSR count). The third-order valence-corrected chi connectivity index (χ3v) is 9.72. The molecule has 4 amide bonds. The number of benzene rings is 2. The minimum absolute atomic E-state index is 0. The number of hydrogen-bond acceptors (Lipinski definition) is 11. The minimum atomic E-state index is -2.32. The number of nitrogens with zero attached hydrogens (tertiary/aromatic N) is 2. The van der Waals surface area contributed by atoms with Gasteiger partial charge in [-0.25, -0.2) is 0 Å². The molecule has 0 unspecified atom stereocenters. The summed E-state index contributed by atoms with van der Waals surface area (Å²) in [7, 11) is -2.32. The Labute approximate surface area is 320 Å². The van der Waals surface area contributed by atoms with Gasteiger partial charge >= 0.3 is 181 Å². The molecule has 0 aromatic heterocycles. The van der Waals surface area contributed by atoms with Crippen molar-refractivity contribution >= 4 is 83.9 Å². The molecule has 2 aromatic carbocycles. The molecule has 2 aliphatic heterocycles. The van der Waals surface area contributed by atoms with E-state index in [0.29, 0.717) is 35.0 Å². The predicted molar refractivity (Wildman–Crippen MR) is 207 cm³/mol. The standard InChI is InChI=1S/C31H38N5O7PS.2C2H6.H3N.Sn/c32-29-22-10-4-3-9-21(22)20-36(24-12-6-5-11-23(24)30(29)33)27(38)13-15-34-26(37)14-16-35-28(39)19-25(31(35)40)45-18-8-2-1-7-17-43-44(41)42;2*1-2;;/h3-6,9-12,19,41-42H,1-2,7-8,13-18,20H2,(H5,32,33,34,37,39,40);2*1-2H3;1H3;/q;;;;+1/p-1. The summed E-state index contributed by atoms with van der Waals surface area (Å²) in [5.74, 6) is -0.722. The average molecular weight is 851 g/mol. The van der Waals surface area contributed by atoms with Crippen molar-refractivity contribution in [3.63, 3.8) is 0 Å². The van der Waals surface area contributed by atoms with E-state index < -0.39 is 20.4 Å². The Kier molecular flexibility index (Phi) is 22.6. The number of imide groups is 1.